The molecule has 1 saturated carbocycles. The van der Waals surface area contributed by atoms with Crippen LogP contribution in [0, 0.1) is 5.92 Å². The first-order valence-corrected chi connectivity index (χ1v) is 13.3. The number of halogens is 3. The van der Waals surface area contributed by atoms with Gasteiger partial charge >= 0.3 is 0 Å². The number of hydrogen-bond donors (Lipinski definition) is 1. The van der Waals surface area contributed by atoms with E-state index in [1.165, 1.54) is 44.9 Å². The molecule has 2 aromatic rings. The molecule has 1 saturated heterocycles. The predicted molar refractivity (Wildman–Crippen MR) is 159 cm³/mol. The number of aromatic nitrogens is 1. The average molecular weight is 579 g/mol. The van der Waals surface area contributed by atoms with Crippen molar-refractivity contribution in [3.63, 3.8) is 0 Å². The molecule has 1 aliphatic heterocycles. The molecule has 1 aliphatic carbocycles. The van der Waals surface area contributed by atoms with Crippen molar-refractivity contribution in [3.8, 4) is 11.5 Å². The van der Waals surface area contributed by atoms with Crippen molar-refractivity contribution in [3.05, 3.63) is 30.0 Å². The lowest BCUT2D eigenvalue weighted by molar-refractivity contribution is 0.119. The Hall–Kier alpha value is -1.02. The van der Waals surface area contributed by atoms with Crippen LogP contribution in [0.1, 0.15) is 64.5 Å². The average Bonchev–Trinajstić information content (AvgIpc) is 2.87. The molecule has 9 heteroatoms. The molecule has 1 aromatic carbocycles. The number of pyridine rings is 1. The second kappa shape index (κ2) is 17.5. The van der Waals surface area contributed by atoms with Gasteiger partial charge in [-0.2, -0.15) is 0 Å². The summed E-state index contributed by atoms with van der Waals surface area (Å²) in [5.74, 6) is 2.39. The summed E-state index contributed by atoms with van der Waals surface area (Å²) in [6.45, 7) is 9.38. The summed E-state index contributed by atoms with van der Waals surface area (Å²) in [4.78, 5) is 7.72. The first kappa shape index (κ1) is 34.0. The number of ether oxygens (including phenoxy) is 3. The highest BCUT2D eigenvalue weighted by atomic mass is 35.5. The highest BCUT2D eigenvalue weighted by Gasteiger charge is 2.24. The van der Waals surface area contributed by atoms with Gasteiger partial charge in [-0.25, -0.2) is 4.98 Å². The van der Waals surface area contributed by atoms with Gasteiger partial charge in [0.05, 0.1) is 18.9 Å². The van der Waals surface area contributed by atoms with E-state index in [2.05, 4.69) is 48.3 Å². The highest BCUT2D eigenvalue weighted by molar-refractivity contribution is 5.90. The molecule has 212 valence electrons. The first-order chi connectivity index (χ1) is 16.7. The lowest BCUT2D eigenvalue weighted by Crippen LogP contribution is -2.48. The number of hydrogen-bond acceptors (Lipinski definition) is 6. The normalized spacial score (nSPS) is 18.1. The molecule has 4 rings (SSSR count). The van der Waals surface area contributed by atoms with Crippen molar-refractivity contribution in [1.29, 1.82) is 0 Å². The Balaban J connectivity index is 0.00000228. The van der Waals surface area contributed by atoms with Crippen LogP contribution in [0.2, 0.25) is 0 Å². The van der Waals surface area contributed by atoms with E-state index in [4.69, 9.17) is 19.2 Å². The van der Waals surface area contributed by atoms with E-state index in [0.717, 1.165) is 54.3 Å². The van der Waals surface area contributed by atoms with Gasteiger partial charge in [-0.15, -0.1) is 37.2 Å². The third-order valence-corrected chi connectivity index (χ3v) is 7.31. The lowest BCUT2D eigenvalue weighted by Gasteiger charge is -2.37. The Morgan fingerprint density at radius 2 is 1.76 bits per heavy atom. The van der Waals surface area contributed by atoms with Gasteiger partial charge in [0.15, 0.2) is 0 Å². The van der Waals surface area contributed by atoms with Crippen LogP contribution in [0.25, 0.3) is 10.9 Å². The molecule has 37 heavy (non-hydrogen) atoms. The van der Waals surface area contributed by atoms with E-state index in [1.807, 2.05) is 0 Å². The fourth-order valence-corrected chi connectivity index (χ4v) is 5.39. The Kier molecular flexibility index (Phi) is 16.1. The fourth-order valence-electron chi connectivity index (χ4n) is 5.39. The third kappa shape index (κ3) is 9.59. The summed E-state index contributed by atoms with van der Waals surface area (Å²) in [5, 5.41) is 4.58. The van der Waals surface area contributed by atoms with E-state index in [-0.39, 0.29) is 37.2 Å². The summed E-state index contributed by atoms with van der Waals surface area (Å²) in [7, 11) is 1.70. The number of fused-ring (bicyclic) bond motifs is 1. The minimum atomic E-state index is 0. The number of nitrogens with zero attached hydrogens (tertiary/aromatic N) is 2. The zero-order chi connectivity index (χ0) is 23.8. The van der Waals surface area contributed by atoms with Crippen molar-refractivity contribution < 1.29 is 14.2 Å². The van der Waals surface area contributed by atoms with E-state index in [0.29, 0.717) is 31.2 Å². The Morgan fingerprint density at radius 3 is 2.43 bits per heavy atom. The van der Waals surface area contributed by atoms with Gasteiger partial charge in [-0.1, -0.05) is 25.3 Å². The summed E-state index contributed by atoms with van der Waals surface area (Å²) < 4.78 is 17.8. The molecule has 0 unspecified atom stereocenters. The van der Waals surface area contributed by atoms with Crippen LogP contribution in [-0.2, 0) is 11.3 Å². The Labute approximate surface area is 241 Å². The summed E-state index contributed by atoms with van der Waals surface area (Å²) in [6, 6.07) is 9.30. The summed E-state index contributed by atoms with van der Waals surface area (Å²) in [6.07, 6.45) is 9.01. The largest absolute Gasteiger partial charge is 0.491 e. The van der Waals surface area contributed by atoms with E-state index < -0.39 is 0 Å². The van der Waals surface area contributed by atoms with E-state index >= 15 is 0 Å². The predicted octanol–water partition coefficient (Wildman–Crippen LogP) is 6.45. The standard InChI is InChI=1S/C28H43N3O3.3ClH/c1-21(2)31(24-11-8-14-29-18-24)19-23-17-27(33-16-15-32-3)25-12-7-13-26(28(25)30-23)34-20-22-9-5-4-6-10-22;;;/h7,12-13,17,21-22,24,29H,4-6,8-11,14-16,18-20H2,1-3H3;3*1H/t24-;;;/m1.../s1. The number of para-hydroxylation sites is 1. The lowest BCUT2D eigenvalue weighted by atomic mass is 9.90. The molecule has 1 atom stereocenters. The number of methoxy groups -OCH3 is 1. The summed E-state index contributed by atoms with van der Waals surface area (Å²) in [5.41, 5.74) is 1.95. The molecule has 2 aliphatic rings. The van der Waals surface area contributed by atoms with E-state index in [1.54, 1.807) is 7.11 Å². The SMILES string of the molecule is COCCOc1cc(CN(C(C)C)[C@@H]2CCCNC2)nc2c(OCC3CCCCC3)cccc12.Cl.Cl.Cl. The maximum Gasteiger partial charge on any atom is 0.145 e. The molecule has 1 N–H and O–H groups in total. The molecule has 1 aromatic heterocycles. The Bertz CT molecular complexity index is 907. The molecule has 0 radical (unpaired) electrons. The smallest absolute Gasteiger partial charge is 0.145 e. The summed E-state index contributed by atoms with van der Waals surface area (Å²) >= 11 is 0. The third-order valence-electron chi connectivity index (χ3n) is 7.31. The molecule has 6 nitrogen and oxygen atoms in total. The molecule has 0 amide bonds. The number of nitrogens with one attached hydrogen (secondary N) is 1. The van der Waals surface area contributed by atoms with Gasteiger partial charge in [0.25, 0.3) is 0 Å². The van der Waals surface area contributed by atoms with Crippen molar-refractivity contribution in [2.75, 3.05) is 40.0 Å². The second-order valence-corrected chi connectivity index (χ2v) is 10.2. The Morgan fingerprint density at radius 1 is 0.973 bits per heavy atom. The van der Waals surface area contributed by atoms with Crippen LogP contribution in [0.5, 0.6) is 11.5 Å². The molecule has 2 heterocycles. The van der Waals surface area contributed by atoms with Gasteiger partial charge in [0.1, 0.15) is 23.6 Å². The minimum absolute atomic E-state index is 0. The van der Waals surface area contributed by atoms with Gasteiger partial charge < -0.3 is 19.5 Å². The molecular weight excluding hydrogens is 533 g/mol. The quantitative estimate of drug-likeness (QED) is 0.309. The molecular formula is C28H46Cl3N3O3. The van der Waals surface area contributed by atoms with Crippen LogP contribution < -0.4 is 14.8 Å². The van der Waals surface area contributed by atoms with Crippen LogP contribution >= 0.6 is 37.2 Å². The number of rotatable bonds is 11. The van der Waals surface area contributed by atoms with Crippen molar-refractivity contribution in [1.82, 2.24) is 15.2 Å². The minimum Gasteiger partial charge on any atom is -0.491 e. The fraction of sp³-hybridized carbons (Fsp3) is 0.679. The van der Waals surface area contributed by atoms with Gasteiger partial charge in [-0.05, 0) is 64.1 Å². The number of piperidine rings is 1. The topological polar surface area (TPSA) is 55.9 Å². The van der Waals surface area contributed by atoms with Crippen LogP contribution in [0.3, 0.4) is 0 Å². The van der Waals surface area contributed by atoms with Crippen molar-refractivity contribution in [2.45, 2.75) is 77.4 Å². The zero-order valence-corrected chi connectivity index (χ0v) is 25.0. The molecule has 0 spiro atoms. The van der Waals surface area contributed by atoms with Crippen molar-refractivity contribution >= 4 is 48.1 Å². The maximum atomic E-state index is 6.40. The molecule has 2 fully saturated rings. The monoisotopic (exact) mass is 577 g/mol. The second-order valence-electron chi connectivity index (χ2n) is 10.2. The van der Waals surface area contributed by atoms with Gasteiger partial charge in [0.2, 0.25) is 0 Å². The highest BCUT2D eigenvalue weighted by Crippen LogP contribution is 2.34. The van der Waals surface area contributed by atoms with Crippen molar-refractivity contribution in [2.24, 2.45) is 5.92 Å². The van der Waals surface area contributed by atoms with Gasteiger partial charge in [-0.3, -0.25) is 4.90 Å². The first-order valence-electron chi connectivity index (χ1n) is 13.3. The number of benzene rings is 1. The zero-order valence-electron chi connectivity index (χ0n) is 22.6. The van der Waals surface area contributed by atoms with Crippen LogP contribution in [0.15, 0.2) is 24.3 Å². The maximum absolute atomic E-state index is 6.40. The molecule has 0 bridgehead atoms. The van der Waals surface area contributed by atoms with Crippen LogP contribution in [0.4, 0.5) is 0 Å². The van der Waals surface area contributed by atoms with E-state index in [9.17, 15) is 0 Å². The van der Waals surface area contributed by atoms with Crippen LogP contribution in [-0.4, -0.2) is 62.0 Å². The van der Waals surface area contributed by atoms with Gasteiger partial charge in [0, 0.05) is 43.7 Å².